The summed E-state index contributed by atoms with van der Waals surface area (Å²) >= 11 is 6.39. The highest BCUT2D eigenvalue weighted by Crippen LogP contribution is 2.22. The highest BCUT2D eigenvalue weighted by Gasteiger charge is 2.24. The Hall–Kier alpha value is -1.33. The first kappa shape index (κ1) is 18.0. The number of morpholine rings is 1. The largest absolute Gasteiger partial charge is 0.372 e. The summed E-state index contributed by atoms with van der Waals surface area (Å²) in [6, 6.07) is 0. The Morgan fingerprint density at radius 3 is 2.57 bits per heavy atom. The van der Waals surface area contributed by atoms with E-state index in [-0.39, 0.29) is 18.1 Å². The highest BCUT2D eigenvalue weighted by molar-refractivity contribution is 6.31. The molecule has 0 unspecified atom stereocenters. The summed E-state index contributed by atoms with van der Waals surface area (Å²) in [6.07, 6.45) is 3.49. The minimum absolute atomic E-state index is 0.0147. The number of carbonyl (C=O) groups excluding carboxylic acids is 1. The molecule has 1 aliphatic heterocycles. The molecule has 1 aromatic heterocycles. The van der Waals surface area contributed by atoms with Gasteiger partial charge in [0.15, 0.2) is 0 Å². The van der Waals surface area contributed by atoms with Crippen molar-refractivity contribution in [2.75, 3.05) is 13.1 Å². The summed E-state index contributed by atoms with van der Waals surface area (Å²) in [7, 11) is 0. The standard InChI is InChI=1S/C17H26ClN3O2/c1-11(2)8-21-17(18)15(14(5)19-21)6-7-16(22)20-9-12(3)23-13(4)10-20/h6-7,11-13H,8-10H2,1-5H3/b7-6+/t12-,13-/m0/s1. The zero-order valence-electron chi connectivity index (χ0n) is 14.5. The summed E-state index contributed by atoms with van der Waals surface area (Å²) in [6.45, 7) is 12.1. The number of halogens is 1. The predicted molar refractivity (Wildman–Crippen MR) is 92.4 cm³/mol. The van der Waals surface area contributed by atoms with Gasteiger partial charge in [-0.2, -0.15) is 5.10 Å². The van der Waals surface area contributed by atoms with Crippen LogP contribution in [0.1, 0.15) is 39.0 Å². The Kier molecular flexibility index (Phi) is 5.87. The van der Waals surface area contributed by atoms with Crippen LogP contribution in [0.5, 0.6) is 0 Å². The maximum atomic E-state index is 12.4. The lowest BCUT2D eigenvalue weighted by Gasteiger charge is -2.34. The van der Waals surface area contributed by atoms with E-state index in [4.69, 9.17) is 16.3 Å². The summed E-state index contributed by atoms with van der Waals surface area (Å²) < 4.78 is 7.45. The van der Waals surface area contributed by atoms with Crippen LogP contribution in [0.15, 0.2) is 6.08 Å². The number of nitrogens with zero attached hydrogens (tertiary/aromatic N) is 3. The molecule has 0 N–H and O–H groups in total. The lowest BCUT2D eigenvalue weighted by molar-refractivity contribution is -0.137. The quantitative estimate of drug-likeness (QED) is 0.792. The van der Waals surface area contributed by atoms with E-state index in [1.54, 1.807) is 16.8 Å². The average molecular weight is 340 g/mol. The number of ether oxygens (including phenoxy) is 1. The van der Waals surface area contributed by atoms with Crippen LogP contribution >= 0.6 is 11.6 Å². The van der Waals surface area contributed by atoms with Crippen molar-refractivity contribution in [1.29, 1.82) is 0 Å². The molecule has 2 atom stereocenters. The Bertz CT molecular complexity index is 585. The smallest absolute Gasteiger partial charge is 0.246 e. The number of rotatable bonds is 4. The van der Waals surface area contributed by atoms with E-state index in [9.17, 15) is 4.79 Å². The van der Waals surface area contributed by atoms with E-state index in [1.165, 1.54) is 0 Å². The minimum Gasteiger partial charge on any atom is -0.372 e. The maximum Gasteiger partial charge on any atom is 0.246 e. The van der Waals surface area contributed by atoms with Gasteiger partial charge in [0.05, 0.1) is 17.9 Å². The molecule has 0 bridgehead atoms. The van der Waals surface area contributed by atoms with Gasteiger partial charge >= 0.3 is 0 Å². The molecule has 5 nitrogen and oxygen atoms in total. The maximum absolute atomic E-state index is 12.4. The third-order valence-corrected chi connectivity index (χ3v) is 4.17. The van der Waals surface area contributed by atoms with Crippen LogP contribution < -0.4 is 0 Å². The van der Waals surface area contributed by atoms with Crippen LogP contribution in [0, 0.1) is 12.8 Å². The van der Waals surface area contributed by atoms with E-state index in [2.05, 4.69) is 18.9 Å². The summed E-state index contributed by atoms with van der Waals surface area (Å²) in [5.41, 5.74) is 1.65. The molecule has 1 fully saturated rings. The van der Waals surface area contributed by atoms with Crippen molar-refractivity contribution in [3.05, 3.63) is 22.5 Å². The second kappa shape index (κ2) is 7.49. The van der Waals surface area contributed by atoms with Crippen molar-refractivity contribution in [1.82, 2.24) is 14.7 Å². The van der Waals surface area contributed by atoms with Crippen molar-refractivity contribution in [3.8, 4) is 0 Å². The molecule has 0 radical (unpaired) electrons. The van der Waals surface area contributed by atoms with Crippen molar-refractivity contribution in [3.63, 3.8) is 0 Å². The first-order chi connectivity index (χ1) is 10.8. The third kappa shape index (κ3) is 4.58. The first-order valence-electron chi connectivity index (χ1n) is 8.13. The van der Waals surface area contributed by atoms with Gasteiger partial charge in [0.2, 0.25) is 5.91 Å². The zero-order chi connectivity index (χ0) is 17.1. The number of aromatic nitrogens is 2. The van der Waals surface area contributed by atoms with Crippen molar-refractivity contribution in [2.45, 2.75) is 53.4 Å². The normalized spacial score (nSPS) is 22.3. The molecule has 0 spiro atoms. The van der Waals surface area contributed by atoms with Gasteiger partial charge in [-0.15, -0.1) is 0 Å². The molecule has 2 rings (SSSR count). The van der Waals surface area contributed by atoms with Gasteiger partial charge in [-0.1, -0.05) is 25.4 Å². The van der Waals surface area contributed by atoms with Crippen LogP contribution in [0.4, 0.5) is 0 Å². The molecule has 1 amide bonds. The SMILES string of the molecule is Cc1nn(CC(C)C)c(Cl)c1/C=C/C(=O)N1C[C@H](C)O[C@@H](C)C1. The Morgan fingerprint density at radius 2 is 2.00 bits per heavy atom. The topological polar surface area (TPSA) is 47.4 Å². The van der Waals surface area contributed by atoms with Crippen molar-refractivity contribution < 1.29 is 9.53 Å². The molecule has 1 aliphatic rings. The van der Waals surface area contributed by atoms with Gasteiger partial charge < -0.3 is 9.64 Å². The van der Waals surface area contributed by atoms with Crippen molar-refractivity contribution >= 4 is 23.6 Å². The van der Waals surface area contributed by atoms with E-state index in [0.29, 0.717) is 24.2 Å². The second-order valence-electron chi connectivity index (χ2n) is 6.70. The fraction of sp³-hybridized carbons (Fsp3) is 0.647. The van der Waals surface area contributed by atoms with Crippen LogP contribution in [0.3, 0.4) is 0 Å². The Labute approximate surface area is 143 Å². The number of hydrogen-bond acceptors (Lipinski definition) is 3. The molecular weight excluding hydrogens is 314 g/mol. The van der Waals surface area contributed by atoms with E-state index in [0.717, 1.165) is 17.8 Å². The fourth-order valence-corrected chi connectivity index (χ4v) is 3.15. The Balaban J connectivity index is 2.10. The molecule has 2 heterocycles. The van der Waals surface area contributed by atoms with E-state index < -0.39 is 0 Å². The zero-order valence-corrected chi connectivity index (χ0v) is 15.3. The summed E-state index contributed by atoms with van der Waals surface area (Å²) in [5.74, 6) is 0.445. The molecule has 0 aromatic carbocycles. The van der Waals surface area contributed by atoms with E-state index >= 15 is 0 Å². The molecule has 0 saturated carbocycles. The van der Waals surface area contributed by atoms with Gasteiger partial charge in [0, 0.05) is 31.3 Å². The van der Waals surface area contributed by atoms with E-state index in [1.807, 2.05) is 25.7 Å². The lowest BCUT2D eigenvalue weighted by atomic mass is 10.2. The number of amides is 1. The number of aryl methyl sites for hydroxylation is 1. The summed E-state index contributed by atoms with van der Waals surface area (Å²) in [5, 5.41) is 5.04. The first-order valence-corrected chi connectivity index (χ1v) is 8.51. The molecule has 0 aliphatic carbocycles. The fourth-order valence-electron chi connectivity index (χ4n) is 2.84. The predicted octanol–water partition coefficient (Wildman–Crippen LogP) is 3.15. The monoisotopic (exact) mass is 339 g/mol. The van der Waals surface area contributed by atoms with Gasteiger partial charge in [-0.05, 0) is 32.8 Å². The average Bonchev–Trinajstić information content (AvgIpc) is 2.69. The van der Waals surface area contributed by atoms with Gasteiger partial charge in [0.1, 0.15) is 5.15 Å². The van der Waals surface area contributed by atoms with Crippen LogP contribution in [-0.2, 0) is 16.1 Å². The third-order valence-electron chi connectivity index (χ3n) is 3.77. The molecule has 1 saturated heterocycles. The minimum atomic E-state index is -0.0147. The molecule has 6 heteroatoms. The van der Waals surface area contributed by atoms with Gasteiger partial charge in [-0.25, -0.2) is 0 Å². The molecule has 23 heavy (non-hydrogen) atoms. The number of hydrogen-bond donors (Lipinski definition) is 0. The number of carbonyl (C=O) groups is 1. The lowest BCUT2D eigenvalue weighted by Crippen LogP contribution is -2.47. The van der Waals surface area contributed by atoms with Crippen LogP contribution in [0.25, 0.3) is 6.08 Å². The van der Waals surface area contributed by atoms with Crippen LogP contribution in [0.2, 0.25) is 5.15 Å². The molecule has 128 valence electrons. The second-order valence-corrected chi connectivity index (χ2v) is 7.06. The van der Waals surface area contributed by atoms with Gasteiger partial charge in [-0.3, -0.25) is 9.48 Å². The van der Waals surface area contributed by atoms with Gasteiger partial charge in [0.25, 0.3) is 0 Å². The summed E-state index contributed by atoms with van der Waals surface area (Å²) in [4.78, 5) is 14.2. The van der Waals surface area contributed by atoms with Crippen molar-refractivity contribution in [2.24, 2.45) is 5.92 Å². The Morgan fingerprint density at radius 1 is 1.39 bits per heavy atom. The molecular formula is C17H26ClN3O2. The molecule has 1 aromatic rings. The highest BCUT2D eigenvalue weighted by atomic mass is 35.5. The van der Waals surface area contributed by atoms with Crippen LogP contribution in [-0.4, -0.2) is 45.9 Å².